The van der Waals surface area contributed by atoms with E-state index in [0.717, 1.165) is 5.56 Å². The number of aromatic hydroxyl groups is 2. The molecule has 0 saturated carbocycles. The van der Waals surface area contributed by atoms with E-state index in [9.17, 15) is 4.79 Å². The average Bonchev–Trinajstić information content (AvgIpc) is 2.53. The highest BCUT2D eigenvalue weighted by Crippen LogP contribution is 2.11. The van der Waals surface area contributed by atoms with Gasteiger partial charge in [0.25, 0.3) is 0 Å². The first-order chi connectivity index (χ1) is 10.6. The molecule has 110 valence electrons. The van der Waals surface area contributed by atoms with Gasteiger partial charge >= 0.3 is 0 Å². The minimum Gasteiger partial charge on any atom is -0.508 e. The molecule has 0 saturated heterocycles. The molecule has 0 bridgehead atoms. The van der Waals surface area contributed by atoms with E-state index in [1.54, 1.807) is 36.4 Å². The van der Waals surface area contributed by atoms with E-state index in [-0.39, 0.29) is 17.3 Å². The van der Waals surface area contributed by atoms with Crippen LogP contribution in [0.2, 0.25) is 0 Å². The van der Waals surface area contributed by atoms with Crippen LogP contribution in [0.4, 0.5) is 0 Å². The van der Waals surface area contributed by atoms with Gasteiger partial charge in [0, 0.05) is 5.56 Å². The number of rotatable bonds is 5. The lowest BCUT2D eigenvalue weighted by Crippen LogP contribution is -1.92. The molecule has 0 aliphatic carbocycles. The minimum atomic E-state index is -0.118. The fraction of sp³-hybridized carbons (Fsp3) is 0. The molecular formula is C19H16O3. The third-order valence-corrected chi connectivity index (χ3v) is 2.91. The van der Waals surface area contributed by atoms with Crippen molar-refractivity contribution in [1.82, 2.24) is 0 Å². The van der Waals surface area contributed by atoms with Crippen molar-refractivity contribution in [2.45, 2.75) is 0 Å². The monoisotopic (exact) mass is 292 g/mol. The lowest BCUT2D eigenvalue weighted by Gasteiger charge is -1.95. The minimum absolute atomic E-state index is 0.118. The van der Waals surface area contributed by atoms with Crippen LogP contribution in [0.3, 0.4) is 0 Å². The van der Waals surface area contributed by atoms with Gasteiger partial charge in [0.1, 0.15) is 11.5 Å². The molecule has 2 rings (SSSR count). The Morgan fingerprint density at radius 2 is 1.27 bits per heavy atom. The van der Waals surface area contributed by atoms with Gasteiger partial charge in [-0.25, -0.2) is 0 Å². The second kappa shape index (κ2) is 7.64. The van der Waals surface area contributed by atoms with Crippen molar-refractivity contribution in [3.63, 3.8) is 0 Å². The number of phenolic OH excluding ortho intramolecular Hbond substituents is 2. The quantitative estimate of drug-likeness (QED) is 0.495. The molecule has 3 nitrogen and oxygen atoms in total. The zero-order chi connectivity index (χ0) is 15.8. The number of carbonyl (C=O) groups excluding carboxylic acids is 1. The van der Waals surface area contributed by atoms with Gasteiger partial charge in [-0.1, -0.05) is 42.5 Å². The molecule has 0 radical (unpaired) electrons. The van der Waals surface area contributed by atoms with Crippen LogP contribution in [0.5, 0.6) is 11.5 Å². The Morgan fingerprint density at radius 1 is 0.727 bits per heavy atom. The fourth-order valence-corrected chi connectivity index (χ4v) is 1.75. The number of phenols is 2. The molecule has 2 aromatic rings. The van der Waals surface area contributed by atoms with Gasteiger partial charge in [0.15, 0.2) is 5.78 Å². The van der Waals surface area contributed by atoms with Gasteiger partial charge in [-0.15, -0.1) is 0 Å². The molecule has 0 atom stereocenters. The van der Waals surface area contributed by atoms with Gasteiger partial charge < -0.3 is 10.2 Å². The Kier molecular flexibility index (Phi) is 5.32. The predicted molar refractivity (Wildman–Crippen MR) is 87.9 cm³/mol. The first-order valence-electron chi connectivity index (χ1n) is 6.79. The highest BCUT2D eigenvalue weighted by Gasteiger charge is 1.99. The van der Waals surface area contributed by atoms with Crippen molar-refractivity contribution in [2.24, 2.45) is 0 Å². The van der Waals surface area contributed by atoms with Crippen molar-refractivity contribution in [2.75, 3.05) is 0 Å². The summed E-state index contributed by atoms with van der Waals surface area (Å²) in [5.74, 6) is 0.260. The van der Waals surface area contributed by atoms with Gasteiger partial charge in [0.2, 0.25) is 0 Å². The van der Waals surface area contributed by atoms with Gasteiger partial charge in [-0.05, 0) is 48.0 Å². The van der Waals surface area contributed by atoms with Crippen molar-refractivity contribution in [1.29, 1.82) is 0 Å². The second-order valence-corrected chi connectivity index (χ2v) is 4.61. The topological polar surface area (TPSA) is 57.5 Å². The summed E-state index contributed by atoms with van der Waals surface area (Å²) < 4.78 is 0. The summed E-state index contributed by atoms with van der Waals surface area (Å²) in [6.45, 7) is 0. The van der Waals surface area contributed by atoms with E-state index in [2.05, 4.69) is 0 Å². The summed E-state index contributed by atoms with van der Waals surface area (Å²) in [6, 6.07) is 13.0. The normalized spacial score (nSPS) is 11.6. The summed E-state index contributed by atoms with van der Waals surface area (Å²) in [6.07, 6.45) is 10.4. The summed E-state index contributed by atoms with van der Waals surface area (Å²) in [7, 11) is 0. The van der Waals surface area contributed by atoms with Crippen molar-refractivity contribution in [3.05, 3.63) is 90.0 Å². The highest BCUT2D eigenvalue weighted by molar-refractivity contribution is 6.04. The molecule has 0 amide bonds. The fourth-order valence-electron chi connectivity index (χ4n) is 1.75. The molecule has 0 spiro atoms. The van der Waals surface area contributed by atoms with E-state index in [1.165, 1.54) is 18.2 Å². The molecule has 0 unspecified atom stereocenters. The van der Waals surface area contributed by atoms with E-state index < -0.39 is 0 Å². The molecule has 0 aliphatic heterocycles. The van der Waals surface area contributed by atoms with Crippen LogP contribution >= 0.6 is 0 Å². The van der Waals surface area contributed by atoms with Crippen molar-refractivity contribution < 1.29 is 15.0 Å². The molecule has 22 heavy (non-hydrogen) atoms. The molecule has 0 aromatic heterocycles. The van der Waals surface area contributed by atoms with Crippen LogP contribution in [-0.4, -0.2) is 16.0 Å². The maximum absolute atomic E-state index is 11.8. The van der Waals surface area contributed by atoms with Crippen molar-refractivity contribution >= 4 is 11.9 Å². The third kappa shape index (κ3) is 4.80. The number of benzene rings is 2. The first kappa shape index (κ1) is 15.3. The SMILES string of the molecule is O=C(/C=C/C=C/C=C/c1ccc(O)cc1)c1ccc(O)cc1. The molecule has 3 heteroatoms. The number of allylic oxidation sites excluding steroid dienone is 5. The Morgan fingerprint density at radius 3 is 1.91 bits per heavy atom. The van der Waals surface area contributed by atoms with Gasteiger partial charge in [-0.3, -0.25) is 4.79 Å². The Hall–Kier alpha value is -3.07. The maximum Gasteiger partial charge on any atom is 0.185 e. The number of hydrogen-bond acceptors (Lipinski definition) is 3. The van der Waals surface area contributed by atoms with E-state index in [1.807, 2.05) is 30.4 Å². The number of ketones is 1. The van der Waals surface area contributed by atoms with Gasteiger partial charge in [-0.2, -0.15) is 0 Å². The molecule has 2 N–H and O–H groups in total. The molecule has 0 aliphatic rings. The van der Waals surface area contributed by atoms with Crippen molar-refractivity contribution in [3.8, 4) is 11.5 Å². The first-order valence-corrected chi connectivity index (χ1v) is 6.79. The van der Waals surface area contributed by atoms with Crippen LogP contribution in [0.15, 0.2) is 78.9 Å². The van der Waals surface area contributed by atoms with Crippen LogP contribution in [0.25, 0.3) is 6.08 Å². The molecule has 0 fully saturated rings. The summed E-state index contributed by atoms with van der Waals surface area (Å²) >= 11 is 0. The summed E-state index contributed by atoms with van der Waals surface area (Å²) in [5, 5.41) is 18.3. The highest BCUT2D eigenvalue weighted by atomic mass is 16.3. The lowest BCUT2D eigenvalue weighted by atomic mass is 10.1. The van der Waals surface area contributed by atoms with Gasteiger partial charge in [0.05, 0.1) is 0 Å². The Bertz CT molecular complexity index is 705. The van der Waals surface area contributed by atoms with Crippen LogP contribution in [0, 0.1) is 0 Å². The molecule has 2 aromatic carbocycles. The van der Waals surface area contributed by atoms with E-state index in [0.29, 0.717) is 5.56 Å². The van der Waals surface area contributed by atoms with Crippen LogP contribution in [0.1, 0.15) is 15.9 Å². The standard InChI is InChI=1S/C19H16O3/c20-17-11-7-15(8-12-17)5-3-1-2-4-6-19(22)16-9-13-18(21)14-10-16/h1-14,20-21H/b2-1+,5-3+,6-4+. The molecular weight excluding hydrogens is 276 g/mol. The zero-order valence-electron chi connectivity index (χ0n) is 11.9. The Labute approximate surface area is 129 Å². The summed E-state index contributed by atoms with van der Waals surface area (Å²) in [5.41, 5.74) is 1.51. The molecule has 0 heterocycles. The Balaban J connectivity index is 1.87. The van der Waals surface area contributed by atoms with E-state index >= 15 is 0 Å². The zero-order valence-corrected chi connectivity index (χ0v) is 11.9. The lowest BCUT2D eigenvalue weighted by molar-refractivity contribution is 0.104. The third-order valence-electron chi connectivity index (χ3n) is 2.91. The van der Waals surface area contributed by atoms with Crippen LogP contribution < -0.4 is 0 Å². The predicted octanol–water partition coefficient (Wildman–Crippen LogP) is 4.11. The van der Waals surface area contributed by atoms with Crippen LogP contribution in [-0.2, 0) is 0 Å². The largest absolute Gasteiger partial charge is 0.508 e. The average molecular weight is 292 g/mol. The number of carbonyl (C=O) groups is 1. The number of hydrogen-bond donors (Lipinski definition) is 2. The smallest absolute Gasteiger partial charge is 0.185 e. The maximum atomic E-state index is 11.8. The second-order valence-electron chi connectivity index (χ2n) is 4.61. The summed E-state index contributed by atoms with van der Waals surface area (Å²) in [4.78, 5) is 11.8. The van der Waals surface area contributed by atoms with E-state index in [4.69, 9.17) is 10.2 Å².